The molecule has 2 aromatic rings. The van der Waals surface area contributed by atoms with Crippen LogP contribution in [0.15, 0.2) is 30.3 Å². The van der Waals surface area contributed by atoms with Crippen molar-refractivity contribution in [1.82, 2.24) is 0 Å². The van der Waals surface area contributed by atoms with Gasteiger partial charge in [-0.2, -0.15) is 0 Å². The summed E-state index contributed by atoms with van der Waals surface area (Å²) in [4.78, 5) is 12.9. The highest BCUT2D eigenvalue weighted by Gasteiger charge is 2.47. The molecule has 3 aliphatic rings. The first-order valence-electron chi connectivity index (χ1n) is 14.8. The van der Waals surface area contributed by atoms with Gasteiger partial charge in [0, 0.05) is 12.1 Å². The SMILES string of the molecule is [2H]C([2H])([2H])Oc1ccc(C2CC(=O)c3c(O)cc(O[C@@H]4O[C@H](CO[C@@H]5O[C@@H](C)[C@H](O)[C@@H](O)[C@H]5O)[C@@H](O)[C@H](O)[C@H]4O)cc3O2)cc1O. The third kappa shape index (κ3) is 6.08. The van der Waals surface area contributed by atoms with Crippen molar-refractivity contribution >= 4 is 5.78 Å². The lowest BCUT2D eigenvalue weighted by Crippen LogP contribution is -2.61. The van der Waals surface area contributed by atoms with E-state index in [0.717, 1.165) is 6.07 Å². The van der Waals surface area contributed by atoms with Gasteiger partial charge in [-0.1, -0.05) is 6.07 Å². The van der Waals surface area contributed by atoms with Crippen LogP contribution in [0.4, 0.5) is 0 Å². The molecule has 8 N–H and O–H groups in total. The lowest BCUT2D eigenvalue weighted by molar-refractivity contribution is -0.318. The fourth-order valence-corrected chi connectivity index (χ4v) is 5.12. The Morgan fingerprint density at radius 1 is 0.884 bits per heavy atom. The number of benzene rings is 2. The van der Waals surface area contributed by atoms with Crippen molar-refractivity contribution in [3.8, 4) is 28.7 Å². The molecule has 43 heavy (non-hydrogen) atoms. The Hall–Kier alpha value is -3.25. The third-order valence-electron chi connectivity index (χ3n) is 7.59. The van der Waals surface area contributed by atoms with Gasteiger partial charge in [0.05, 0.1) is 30.3 Å². The zero-order chi connectivity index (χ0) is 33.7. The molecule has 0 saturated carbocycles. The van der Waals surface area contributed by atoms with Crippen molar-refractivity contribution in [2.24, 2.45) is 0 Å². The number of hydrogen-bond acceptors (Lipinski definition) is 15. The maximum Gasteiger partial charge on any atom is 0.229 e. The average molecular weight is 614 g/mol. The average Bonchev–Trinajstić information content (AvgIpc) is 2.98. The first-order valence-corrected chi connectivity index (χ1v) is 13.3. The Balaban J connectivity index is 1.30. The molecule has 5 rings (SSSR count). The second-order valence-electron chi connectivity index (χ2n) is 10.5. The molecular weight excluding hydrogens is 576 g/mol. The van der Waals surface area contributed by atoms with E-state index in [2.05, 4.69) is 0 Å². The van der Waals surface area contributed by atoms with Gasteiger partial charge >= 0.3 is 0 Å². The topological polar surface area (TPSA) is 234 Å². The molecule has 15 nitrogen and oxygen atoms in total. The van der Waals surface area contributed by atoms with Crippen molar-refractivity contribution in [3.63, 3.8) is 0 Å². The minimum absolute atomic E-state index is 0.136. The van der Waals surface area contributed by atoms with E-state index in [9.17, 15) is 45.6 Å². The molecule has 2 fully saturated rings. The summed E-state index contributed by atoms with van der Waals surface area (Å²) >= 11 is 0. The van der Waals surface area contributed by atoms with Crippen molar-refractivity contribution in [2.75, 3.05) is 13.6 Å². The monoisotopic (exact) mass is 613 g/mol. The minimum atomic E-state index is -2.81. The van der Waals surface area contributed by atoms with Crippen LogP contribution in [-0.4, -0.2) is 122 Å². The van der Waals surface area contributed by atoms with Crippen LogP contribution >= 0.6 is 0 Å². The van der Waals surface area contributed by atoms with Gasteiger partial charge < -0.3 is 69.3 Å². The summed E-state index contributed by atoms with van der Waals surface area (Å²) in [6, 6.07) is 6.03. The van der Waals surface area contributed by atoms with Gasteiger partial charge in [0.2, 0.25) is 6.29 Å². The van der Waals surface area contributed by atoms with Crippen molar-refractivity contribution in [1.29, 1.82) is 0 Å². The van der Waals surface area contributed by atoms with E-state index in [4.69, 9.17) is 32.5 Å². The van der Waals surface area contributed by atoms with E-state index in [1.54, 1.807) is 0 Å². The van der Waals surface area contributed by atoms with E-state index in [1.807, 2.05) is 0 Å². The largest absolute Gasteiger partial charge is 0.507 e. The van der Waals surface area contributed by atoms with Gasteiger partial charge in [0.1, 0.15) is 71.6 Å². The van der Waals surface area contributed by atoms with Crippen molar-refractivity contribution < 1.29 is 78.2 Å². The van der Waals surface area contributed by atoms with Gasteiger partial charge in [-0.3, -0.25) is 4.79 Å². The molecule has 0 aliphatic carbocycles. The predicted octanol–water partition coefficient (Wildman–Crippen LogP) is -1.16. The van der Waals surface area contributed by atoms with Crippen molar-refractivity contribution in [2.45, 2.75) is 80.9 Å². The normalized spacial score (nSPS) is 37.3. The molecule has 0 aromatic heterocycles. The van der Waals surface area contributed by atoms with E-state index in [1.165, 1.54) is 31.2 Å². The number of ether oxygens (including phenoxy) is 6. The van der Waals surface area contributed by atoms with Crippen LogP contribution < -0.4 is 14.2 Å². The smallest absolute Gasteiger partial charge is 0.229 e. The number of carbonyl (C=O) groups excluding carboxylic acids is 1. The maximum absolute atomic E-state index is 12.9. The van der Waals surface area contributed by atoms with Crippen LogP contribution in [0.3, 0.4) is 0 Å². The summed E-state index contributed by atoms with van der Waals surface area (Å²) in [6.07, 6.45) is -16.5. The number of aromatic hydroxyl groups is 2. The molecule has 2 saturated heterocycles. The summed E-state index contributed by atoms with van der Waals surface area (Å²) in [7, 11) is -2.81. The first kappa shape index (κ1) is 27.3. The van der Waals surface area contributed by atoms with Gasteiger partial charge in [-0.05, 0) is 24.6 Å². The number of ketones is 1. The number of Topliss-reactive ketones (excluding diaryl/α,β-unsaturated/α-hetero) is 1. The van der Waals surface area contributed by atoms with E-state index in [-0.39, 0.29) is 34.8 Å². The Morgan fingerprint density at radius 2 is 1.60 bits per heavy atom. The van der Waals surface area contributed by atoms with Crippen LogP contribution in [0, 0.1) is 0 Å². The zero-order valence-electron chi connectivity index (χ0n) is 25.6. The zero-order valence-corrected chi connectivity index (χ0v) is 22.6. The van der Waals surface area contributed by atoms with Crippen molar-refractivity contribution in [3.05, 3.63) is 41.5 Å². The lowest BCUT2D eigenvalue weighted by Gasteiger charge is -2.42. The summed E-state index contributed by atoms with van der Waals surface area (Å²) < 4.78 is 54.3. The summed E-state index contributed by atoms with van der Waals surface area (Å²) in [5.74, 6) is -2.20. The standard InChI is InChI=1S/C28H34O15/c1-10-21(32)23(34)25(36)27(40-10)39-9-19-22(33)24(35)26(37)28(43-19)41-12-6-14(30)20-15(31)8-17(42-18(20)7-12)11-3-4-16(38-2)13(29)5-11/h3-7,10,17,19,21-30,32-37H,8-9H2,1-2H3/t10-,17?,19+,21-,22+,23+,24-,25+,26+,27+,28+/m0/s1/i2D3. The summed E-state index contributed by atoms with van der Waals surface area (Å²) in [5.41, 5.74) is 0.115. The Morgan fingerprint density at radius 3 is 2.33 bits per heavy atom. The number of aliphatic hydroxyl groups is 6. The molecular formula is C28H34O15. The molecule has 0 amide bonds. The quantitative estimate of drug-likeness (QED) is 0.184. The predicted molar refractivity (Wildman–Crippen MR) is 141 cm³/mol. The van der Waals surface area contributed by atoms with Gasteiger partial charge in [-0.25, -0.2) is 0 Å². The fourth-order valence-electron chi connectivity index (χ4n) is 5.12. The lowest BCUT2D eigenvalue weighted by atomic mass is 9.95. The van der Waals surface area contributed by atoms with Crippen LogP contribution in [0.2, 0.25) is 0 Å². The highest BCUT2D eigenvalue weighted by molar-refractivity contribution is 6.02. The number of aliphatic hydroxyl groups excluding tert-OH is 6. The number of phenolic OH excluding ortho intramolecular Hbond substituents is 2. The number of rotatable bonds is 7. The Kier molecular flexibility index (Phi) is 7.87. The van der Waals surface area contributed by atoms with Crippen LogP contribution in [0.1, 0.15) is 39.5 Å². The minimum Gasteiger partial charge on any atom is -0.507 e. The van der Waals surface area contributed by atoms with E-state index >= 15 is 0 Å². The molecule has 0 radical (unpaired) electrons. The first-order chi connectivity index (χ1) is 21.5. The highest BCUT2D eigenvalue weighted by atomic mass is 16.7. The molecule has 3 heterocycles. The summed E-state index contributed by atoms with van der Waals surface area (Å²) in [6.45, 7) is 0.914. The van der Waals surface area contributed by atoms with E-state index < -0.39 is 98.4 Å². The van der Waals surface area contributed by atoms with Gasteiger partial charge in [0.15, 0.2) is 23.6 Å². The molecule has 3 aliphatic heterocycles. The number of hydrogen-bond donors (Lipinski definition) is 8. The fraction of sp³-hybridized carbons (Fsp3) is 0.536. The molecule has 236 valence electrons. The molecule has 11 atom stereocenters. The molecule has 0 bridgehead atoms. The van der Waals surface area contributed by atoms with Crippen LogP contribution in [-0.2, 0) is 14.2 Å². The molecule has 15 heteroatoms. The highest BCUT2D eigenvalue weighted by Crippen LogP contribution is 2.43. The second-order valence-corrected chi connectivity index (χ2v) is 10.5. The summed E-state index contributed by atoms with van der Waals surface area (Å²) in [5, 5.41) is 82.4. The van der Waals surface area contributed by atoms with Gasteiger partial charge in [-0.15, -0.1) is 0 Å². The van der Waals surface area contributed by atoms with Gasteiger partial charge in [0.25, 0.3) is 0 Å². The van der Waals surface area contributed by atoms with Crippen LogP contribution in [0.5, 0.6) is 28.7 Å². The third-order valence-corrected chi connectivity index (χ3v) is 7.59. The Labute approximate surface area is 249 Å². The molecule has 2 aromatic carbocycles. The maximum atomic E-state index is 12.9. The molecule has 1 unspecified atom stereocenters. The van der Waals surface area contributed by atoms with Crippen LogP contribution in [0.25, 0.3) is 0 Å². The molecule has 0 spiro atoms. The number of methoxy groups -OCH3 is 1. The number of carbonyl (C=O) groups is 1. The number of phenols is 2. The number of fused-ring (bicyclic) bond motifs is 1. The Bertz CT molecular complexity index is 1420. The second kappa shape index (κ2) is 12.4. The van der Waals surface area contributed by atoms with E-state index in [0.29, 0.717) is 0 Å².